The third-order valence-corrected chi connectivity index (χ3v) is 3.45. The Labute approximate surface area is 105 Å². The summed E-state index contributed by atoms with van der Waals surface area (Å²) in [5.41, 5.74) is 2.55. The van der Waals surface area contributed by atoms with Crippen molar-refractivity contribution in [3.63, 3.8) is 0 Å². The van der Waals surface area contributed by atoms with Gasteiger partial charge in [-0.2, -0.15) is 5.26 Å². The van der Waals surface area contributed by atoms with Crippen molar-refractivity contribution in [3.8, 4) is 6.07 Å². The smallest absolute Gasteiger partial charge is 0.101 e. The molecule has 1 aromatic carbocycles. The Bertz CT molecular complexity index is 540. The number of aromatic nitrogens is 1. The number of anilines is 1. The number of hydrogen-bond acceptors (Lipinski definition) is 4. The molecule has 2 rings (SSSR count). The Morgan fingerprint density at radius 2 is 2.24 bits per heavy atom. The highest BCUT2D eigenvalue weighted by molar-refractivity contribution is 7.09. The van der Waals surface area contributed by atoms with Gasteiger partial charge in [0.2, 0.25) is 0 Å². The number of para-hydroxylation sites is 1. The van der Waals surface area contributed by atoms with Gasteiger partial charge in [0.05, 0.1) is 28.5 Å². The normalized spacial score (nSPS) is 9.88. The van der Waals surface area contributed by atoms with E-state index in [0.717, 1.165) is 22.8 Å². The molecule has 0 radical (unpaired) electrons. The molecule has 17 heavy (non-hydrogen) atoms. The van der Waals surface area contributed by atoms with Crippen LogP contribution in [0.5, 0.6) is 0 Å². The van der Waals surface area contributed by atoms with E-state index in [0.29, 0.717) is 12.1 Å². The summed E-state index contributed by atoms with van der Waals surface area (Å²) in [5, 5.41) is 15.4. The topological polar surface area (TPSA) is 48.7 Å². The van der Waals surface area contributed by atoms with E-state index in [1.165, 1.54) is 0 Å². The summed E-state index contributed by atoms with van der Waals surface area (Å²) in [6.45, 7) is 2.76. The molecule has 0 aliphatic heterocycles. The number of nitriles is 1. The number of nitrogens with one attached hydrogen (secondary N) is 1. The van der Waals surface area contributed by atoms with E-state index in [1.807, 2.05) is 18.2 Å². The summed E-state index contributed by atoms with van der Waals surface area (Å²) < 4.78 is 0. The molecule has 0 aliphatic carbocycles. The van der Waals surface area contributed by atoms with Crippen molar-refractivity contribution in [2.75, 3.05) is 5.32 Å². The standard InChI is InChI=1S/C13H13N3S/c1-2-13-16-11(9-17-13)8-15-12-6-4-3-5-10(12)7-14/h3-6,9,15H,2,8H2,1H3. The minimum atomic E-state index is 0.662. The van der Waals surface area contributed by atoms with Gasteiger partial charge in [0.25, 0.3) is 0 Å². The molecular formula is C13H13N3S. The maximum Gasteiger partial charge on any atom is 0.101 e. The van der Waals surface area contributed by atoms with E-state index in [-0.39, 0.29) is 0 Å². The lowest BCUT2D eigenvalue weighted by molar-refractivity contribution is 1.01. The highest BCUT2D eigenvalue weighted by Gasteiger charge is 2.02. The molecule has 1 aromatic heterocycles. The van der Waals surface area contributed by atoms with Crippen LogP contribution in [0.3, 0.4) is 0 Å². The van der Waals surface area contributed by atoms with Crippen LogP contribution in [0.25, 0.3) is 0 Å². The molecule has 0 spiro atoms. The fraction of sp³-hybridized carbons (Fsp3) is 0.231. The SMILES string of the molecule is CCc1nc(CNc2ccccc2C#N)cs1. The summed E-state index contributed by atoms with van der Waals surface area (Å²) in [4.78, 5) is 4.47. The van der Waals surface area contributed by atoms with Crippen LogP contribution in [-0.4, -0.2) is 4.98 Å². The predicted molar refractivity (Wildman–Crippen MR) is 70.0 cm³/mol. The second-order valence-electron chi connectivity index (χ2n) is 3.60. The minimum Gasteiger partial charge on any atom is -0.378 e. The molecule has 0 fully saturated rings. The highest BCUT2D eigenvalue weighted by atomic mass is 32.1. The molecular weight excluding hydrogens is 230 g/mol. The molecule has 0 saturated carbocycles. The van der Waals surface area contributed by atoms with Crippen molar-refractivity contribution in [1.82, 2.24) is 4.98 Å². The van der Waals surface area contributed by atoms with Gasteiger partial charge < -0.3 is 5.32 Å². The molecule has 0 bridgehead atoms. The molecule has 1 heterocycles. The Hall–Kier alpha value is -1.86. The average molecular weight is 243 g/mol. The van der Waals surface area contributed by atoms with E-state index in [9.17, 15) is 0 Å². The average Bonchev–Trinajstić information content (AvgIpc) is 2.84. The highest BCUT2D eigenvalue weighted by Crippen LogP contribution is 2.16. The van der Waals surface area contributed by atoms with Gasteiger partial charge in [0.1, 0.15) is 6.07 Å². The summed E-state index contributed by atoms with van der Waals surface area (Å²) in [7, 11) is 0. The van der Waals surface area contributed by atoms with E-state index < -0.39 is 0 Å². The van der Waals surface area contributed by atoms with Crippen LogP contribution in [0, 0.1) is 11.3 Å². The number of rotatable bonds is 4. The molecule has 86 valence electrons. The summed E-state index contributed by atoms with van der Waals surface area (Å²) in [5.74, 6) is 0. The van der Waals surface area contributed by atoms with Gasteiger partial charge in [0.15, 0.2) is 0 Å². The number of benzene rings is 1. The predicted octanol–water partition coefficient (Wildman–Crippen LogP) is 3.19. The first-order valence-electron chi connectivity index (χ1n) is 5.49. The Balaban J connectivity index is 2.05. The molecule has 0 aliphatic rings. The second-order valence-corrected chi connectivity index (χ2v) is 4.54. The first kappa shape index (κ1) is 11.6. The lowest BCUT2D eigenvalue weighted by Gasteiger charge is -2.05. The Morgan fingerprint density at radius 1 is 1.41 bits per heavy atom. The quantitative estimate of drug-likeness (QED) is 0.897. The van der Waals surface area contributed by atoms with E-state index in [4.69, 9.17) is 5.26 Å². The van der Waals surface area contributed by atoms with Crippen LogP contribution in [0.2, 0.25) is 0 Å². The Kier molecular flexibility index (Phi) is 3.73. The first-order chi connectivity index (χ1) is 8.33. The third kappa shape index (κ3) is 2.83. The largest absolute Gasteiger partial charge is 0.378 e. The van der Waals surface area contributed by atoms with Gasteiger partial charge >= 0.3 is 0 Å². The first-order valence-corrected chi connectivity index (χ1v) is 6.37. The third-order valence-electron chi connectivity index (χ3n) is 2.41. The van der Waals surface area contributed by atoms with E-state index >= 15 is 0 Å². The van der Waals surface area contributed by atoms with Crippen LogP contribution in [0.15, 0.2) is 29.6 Å². The molecule has 1 N–H and O–H groups in total. The molecule has 2 aromatic rings. The second kappa shape index (κ2) is 5.46. The van der Waals surface area contributed by atoms with Gasteiger partial charge in [-0.05, 0) is 18.6 Å². The lowest BCUT2D eigenvalue weighted by Crippen LogP contribution is -2.01. The zero-order valence-corrected chi connectivity index (χ0v) is 10.4. The minimum absolute atomic E-state index is 0.662. The van der Waals surface area contributed by atoms with Gasteiger partial charge in [-0.1, -0.05) is 19.1 Å². The number of thiazole rings is 1. The molecule has 0 unspecified atom stereocenters. The number of hydrogen-bond donors (Lipinski definition) is 1. The van der Waals surface area contributed by atoms with Crippen molar-refractivity contribution in [2.45, 2.75) is 19.9 Å². The van der Waals surface area contributed by atoms with Crippen LogP contribution in [-0.2, 0) is 13.0 Å². The lowest BCUT2D eigenvalue weighted by atomic mass is 10.2. The van der Waals surface area contributed by atoms with Gasteiger partial charge in [-0.15, -0.1) is 11.3 Å². The van der Waals surface area contributed by atoms with Gasteiger partial charge in [0, 0.05) is 5.38 Å². The van der Waals surface area contributed by atoms with E-state index in [1.54, 1.807) is 17.4 Å². The summed E-state index contributed by atoms with van der Waals surface area (Å²) in [6.07, 6.45) is 0.972. The van der Waals surface area contributed by atoms with Crippen molar-refractivity contribution < 1.29 is 0 Å². The number of nitrogens with zero attached hydrogens (tertiary/aromatic N) is 2. The molecule has 0 atom stereocenters. The van der Waals surface area contributed by atoms with Crippen molar-refractivity contribution in [3.05, 3.63) is 45.9 Å². The van der Waals surface area contributed by atoms with Gasteiger partial charge in [-0.3, -0.25) is 0 Å². The molecule has 4 heteroatoms. The Morgan fingerprint density at radius 3 is 2.94 bits per heavy atom. The van der Waals surface area contributed by atoms with Crippen molar-refractivity contribution in [2.24, 2.45) is 0 Å². The van der Waals surface area contributed by atoms with Crippen LogP contribution >= 0.6 is 11.3 Å². The zero-order valence-electron chi connectivity index (χ0n) is 9.60. The van der Waals surface area contributed by atoms with Crippen molar-refractivity contribution >= 4 is 17.0 Å². The zero-order chi connectivity index (χ0) is 12.1. The molecule has 0 saturated heterocycles. The fourth-order valence-electron chi connectivity index (χ4n) is 1.51. The van der Waals surface area contributed by atoms with Crippen LogP contribution < -0.4 is 5.32 Å². The fourth-order valence-corrected chi connectivity index (χ4v) is 2.26. The summed E-state index contributed by atoms with van der Waals surface area (Å²) in [6, 6.07) is 9.66. The monoisotopic (exact) mass is 243 g/mol. The van der Waals surface area contributed by atoms with Gasteiger partial charge in [-0.25, -0.2) is 4.98 Å². The van der Waals surface area contributed by atoms with Crippen LogP contribution in [0.4, 0.5) is 5.69 Å². The van der Waals surface area contributed by atoms with E-state index in [2.05, 4.69) is 28.7 Å². The maximum absolute atomic E-state index is 8.95. The summed E-state index contributed by atoms with van der Waals surface area (Å²) >= 11 is 1.68. The molecule has 3 nitrogen and oxygen atoms in total. The van der Waals surface area contributed by atoms with Crippen LogP contribution in [0.1, 0.15) is 23.2 Å². The number of aryl methyl sites for hydroxylation is 1. The maximum atomic E-state index is 8.95. The van der Waals surface area contributed by atoms with Crippen molar-refractivity contribution in [1.29, 1.82) is 5.26 Å². The molecule has 0 amide bonds.